The van der Waals surface area contributed by atoms with Gasteiger partial charge in [0.05, 0.1) is 5.56 Å². The zero-order chi connectivity index (χ0) is 14.9. The second kappa shape index (κ2) is 6.06. The monoisotopic (exact) mass is 292 g/mol. The van der Waals surface area contributed by atoms with Crippen LogP contribution in [0.3, 0.4) is 0 Å². The third kappa shape index (κ3) is 3.27. The average Bonchev–Trinajstić information content (AvgIpc) is 2.31. The molecule has 2 unspecified atom stereocenters. The summed E-state index contributed by atoms with van der Waals surface area (Å²) in [5, 5.41) is 3.65. The summed E-state index contributed by atoms with van der Waals surface area (Å²) in [6.07, 6.45) is 1.13. The number of aromatic nitrogens is 1. The van der Waals surface area contributed by atoms with Crippen LogP contribution in [0, 0.1) is 19.8 Å². The highest BCUT2D eigenvalue weighted by Crippen LogP contribution is 2.25. The van der Waals surface area contributed by atoms with E-state index < -0.39 is 0 Å². The van der Waals surface area contributed by atoms with E-state index in [0.717, 1.165) is 42.1 Å². The van der Waals surface area contributed by atoms with Gasteiger partial charge in [-0.15, -0.1) is 0 Å². The number of thiocarbonyl (C=S) groups is 1. The molecule has 4 nitrogen and oxygen atoms in total. The predicted molar refractivity (Wildman–Crippen MR) is 88.3 cm³/mol. The Morgan fingerprint density at radius 2 is 2.20 bits per heavy atom. The average molecular weight is 292 g/mol. The molecule has 1 fully saturated rings. The Morgan fingerprint density at radius 3 is 2.80 bits per heavy atom. The SMILES string of the molecule is Cc1cc(NC2CCN(C)CC2C)c(C(N)=S)c(C)n1. The van der Waals surface area contributed by atoms with Crippen molar-refractivity contribution in [2.75, 3.05) is 25.5 Å². The van der Waals surface area contributed by atoms with E-state index in [1.165, 1.54) is 0 Å². The lowest BCUT2D eigenvalue weighted by atomic mass is 9.93. The number of pyridine rings is 1. The minimum Gasteiger partial charge on any atom is -0.389 e. The molecule has 3 N–H and O–H groups in total. The van der Waals surface area contributed by atoms with Crippen LogP contribution in [0.1, 0.15) is 30.3 Å². The molecular weight excluding hydrogens is 268 g/mol. The molecule has 0 aliphatic carbocycles. The van der Waals surface area contributed by atoms with Crippen LogP contribution in [0.2, 0.25) is 0 Å². The van der Waals surface area contributed by atoms with Crippen molar-refractivity contribution in [3.8, 4) is 0 Å². The molecule has 0 aromatic carbocycles. The quantitative estimate of drug-likeness (QED) is 0.836. The zero-order valence-electron chi connectivity index (χ0n) is 12.7. The molecule has 0 saturated carbocycles. The fourth-order valence-corrected chi connectivity index (χ4v) is 3.28. The smallest absolute Gasteiger partial charge is 0.107 e. The fourth-order valence-electron chi connectivity index (χ4n) is 3.02. The van der Waals surface area contributed by atoms with Crippen molar-refractivity contribution in [1.29, 1.82) is 0 Å². The number of anilines is 1. The van der Waals surface area contributed by atoms with E-state index in [1.807, 2.05) is 19.9 Å². The van der Waals surface area contributed by atoms with Crippen LogP contribution in [-0.4, -0.2) is 41.1 Å². The van der Waals surface area contributed by atoms with Gasteiger partial charge in [0.1, 0.15) is 4.99 Å². The van der Waals surface area contributed by atoms with Crippen LogP contribution in [0.15, 0.2) is 6.07 Å². The Hall–Kier alpha value is -1.20. The van der Waals surface area contributed by atoms with Crippen LogP contribution in [0.4, 0.5) is 5.69 Å². The number of nitrogens with two attached hydrogens (primary N) is 1. The molecule has 2 rings (SSSR count). The molecule has 1 aromatic heterocycles. The number of hydrogen-bond acceptors (Lipinski definition) is 4. The molecule has 2 heterocycles. The summed E-state index contributed by atoms with van der Waals surface area (Å²) in [7, 11) is 2.17. The van der Waals surface area contributed by atoms with E-state index in [9.17, 15) is 0 Å². The topological polar surface area (TPSA) is 54.2 Å². The first-order valence-corrected chi connectivity index (χ1v) is 7.52. The van der Waals surface area contributed by atoms with E-state index in [0.29, 0.717) is 16.9 Å². The molecule has 20 heavy (non-hydrogen) atoms. The molecule has 5 heteroatoms. The van der Waals surface area contributed by atoms with Crippen LogP contribution in [-0.2, 0) is 0 Å². The summed E-state index contributed by atoms with van der Waals surface area (Å²) in [4.78, 5) is 7.25. The van der Waals surface area contributed by atoms with Crippen LogP contribution < -0.4 is 11.1 Å². The first kappa shape index (κ1) is 15.2. The Balaban J connectivity index is 2.26. The Bertz CT molecular complexity index is 515. The minimum absolute atomic E-state index is 0.415. The molecule has 2 atom stereocenters. The molecule has 1 aliphatic rings. The standard InChI is InChI=1S/C15H24N4S/c1-9-8-19(4)6-5-12(9)18-13-7-10(2)17-11(3)14(13)15(16)20/h7,9,12H,5-6,8H2,1-4H3,(H2,16,20)(H,17,18). The van der Waals surface area contributed by atoms with Crippen molar-refractivity contribution in [2.45, 2.75) is 33.2 Å². The molecule has 1 aromatic rings. The van der Waals surface area contributed by atoms with E-state index in [2.05, 4.69) is 29.2 Å². The number of likely N-dealkylation sites (tertiary alicyclic amines) is 1. The number of aryl methyl sites for hydroxylation is 2. The summed E-state index contributed by atoms with van der Waals surface area (Å²) in [6, 6.07) is 2.51. The maximum Gasteiger partial charge on any atom is 0.107 e. The fraction of sp³-hybridized carbons (Fsp3) is 0.600. The van der Waals surface area contributed by atoms with Crippen molar-refractivity contribution in [3.05, 3.63) is 23.0 Å². The Labute approximate surface area is 126 Å². The highest BCUT2D eigenvalue weighted by atomic mass is 32.1. The molecule has 0 amide bonds. The van der Waals surface area contributed by atoms with Gasteiger partial charge in [-0.05, 0) is 45.8 Å². The van der Waals surface area contributed by atoms with Gasteiger partial charge >= 0.3 is 0 Å². The molecule has 0 radical (unpaired) electrons. The lowest BCUT2D eigenvalue weighted by Gasteiger charge is -2.36. The van der Waals surface area contributed by atoms with Crippen molar-refractivity contribution in [3.63, 3.8) is 0 Å². The summed E-state index contributed by atoms with van der Waals surface area (Å²) in [5.41, 5.74) is 9.68. The predicted octanol–water partition coefficient (Wildman–Crippen LogP) is 2.08. The summed E-state index contributed by atoms with van der Waals surface area (Å²) in [5.74, 6) is 0.599. The Morgan fingerprint density at radius 1 is 1.50 bits per heavy atom. The largest absolute Gasteiger partial charge is 0.389 e. The Kier molecular flexibility index (Phi) is 4.60. The summed E-state index contributed by atoms with van der Waals surface area (Å²) >= 11 is 5.19. The lowest BCUT2D eigenvalue weighted by Crippen LogP contribution is -2.43. The van der Waals surface area contributed by atoms with Crippen LogP contribution in [0.5, 0.6) is 0 Å². The third-order valence-electron chi connectivity index (χ3n) is 4.02. The molecule has 0 bridgehead atoms. The number of rotatable bonds is 3. The molecular formula is C15H24N4S. The van der Waals surface area contributed by atoms with Crippen molar-refractivity contribution in [2.24, 2.45) is 11.7 Å². The molecule has 1 saturated heterocycles. The minimum atomic E-state index is 0.415. The van der Waals surface area contributed by atoms with E-state index in [1.54, 1.807) is 0 Å². The summed E-state index contributed by atoms with van der Waals surface area (Å²) in [6.45, 7) is 8.48. The normalized spacial score (nSPS) is 23.6. The van der Waals surface area contributed by atoms with Crippen molar-refractivity contribution < 1.29 is 0 Å². The van der Waals surface area contributed by atoms with Gasteiger partial charge in [0, 0.05) is 29.7 Å². The van der Waals surface area contributed by atoms with Gasteiger partial charge in [-0.2, -0.15) is 0 Å². The van der Waals surface area contributed by atoms with E-state index in [-0.39, 0.29) is 0 Å². The van der Waals surface area contributed by atoms with Crippen LogP contribution >= 0.6 is 12.2 Å². The van der Waals surface area contributed by atoms with E-state index in [4.69, 9.17) is 18.0 Å². The highest BCUT2D eigenvalue weighted by molar-refractivity contribution is 7.80. The second-order valence-corrected chi connectivity index (χ2v) is 6.35. The van der Waals surface area contributed by atoms with E-state index >= 15 is 0 Å². The van der Waals surface area contributed by atoms with Gasteiger partial charge in [0.2, 0.25) is 0 Å². The van der Waals surface area contributed by atoms with Gasteiger partial charge in [-0.25, -0.2) is 0 Å². The maximum atomic E-state index is 5.87. The van der Waals surface area contributed by atoms with Gasteiger partial charge in [-0.1, -0.05) is 19.1 Å². The zero-order valence-corrected chi connectivity index (χ0v) is 13.5. The van der Waals surface area contributed by atoms with Crippen molar-refractivity contribution in [1.82, 2.24) is 9.88 Å². The first-order chi connectivity index (χ1) is 9.38. The number of nitrogens with zero attached hydrogens (tertiary/aromatic N) is 2. The number of piperidine rings is 1. The molecule has 1 aliphatic heterocycles. The van der Waals surface area contributed by atoms with Gasteiger partial charge in [-0.3, -0.25) is 4.98 Å². The van der Waals surface area contributed by atoms with Gasteiger partial charge < -0.3 is 16.0 Å². The highest BCUT2D eigenvalue weighted by Gasteiger charge is 2.25. The van der Waals surface area contributed by atoms with Crippen LogP contribution in [0.25, 0.3) is 0 Å². The second-order valence-electron chi connectivity index (χ2n) is 5.91. The molecule has 0 spiro atoms. The maximum absolute atomic E-state index is 5.87. The lowest BCUT2D eigenvalue weighted by molar-refractivity contribution is 0.206. The third-order valence-corrected chi connectivity index (χ3v) is 4.23. The number of hydrogen-bond donors (Lipinski definition) is 2. The molecule has 110 valence electrons. The summed E-state index contributed by atoms with van der Waals surface area (Å²) < 4.78 is 0. The first-order valence-electron chi connectivity index (χ1n) is 7.11. The van der Waals surface area contributed by atoms with Gasteiger partial charge in [0.15, 0.2) is 0 Å². The number of nitrogens with one attached hydrogen (secondary N) is 1. The van der Waals surface area contributed by atoms with Crippen molar-refractivity contribution >= 4 is 22.9 Å². The van der Waals surface area contributed by atoms with Gasteiger partial charge in [0.25, 0.3) is 0 Å².